The fourth-order valence-electron chi connectivity index (χ4n) is 2.81. The van der Waals surface area contributed by atoms with Crippen molar-refractivity contribution < 1.29 is 19.4 Å². The number of nitrogens with zero attached hydrogens (tertiary/aromatic N) is 1. The first kappa shape index (κ1) is 18.9. The zero-order valence-corrected chi connectivity index (χ0v) is 14.7. The van der Waals surface area contributed by atoms with Crippen LogP contribution in [0.25, 0.3) is 0 Å². The maximum atomic E-state index is 12.1. The Balaban J connectivity index is 0.000000270. The van der Waals surface area contributed by atoms with Crippen molar-refractivity contribution in [3.8, 4) is 0 Å². The molecule has 0 atom stereocenters. The van der Waals surface area contributed by atoms with Gasteiger partial charge in [0.2, 0.25) is 16.4 Å². The van der Waals surface area contributed by atoms with Crippen molar-refractivity contribution >= 4 is 16.4 Å². The lowest BCUT2D eigenvalue weighted by molar-refractivity contribution is -0.110. The van der Waals surface area contributed by atoms with E-state index in [2.05, 4.69) is 5.32 Å². The molecule has 7 heteroatoms. The quantitative estimate of drug-likeness (QED) is 0.838. The second kappa shape index (κ2) is 9.76. The molecule has 0 unspecified atom stereocenters. The van der Waals surface area contributed by atoms with Crippen LogP contribution in [0.4, 0.5) is 0 Å². The van der Waals surface area contributed by atoms with Crippen molar-refractivity contribution in [3.05, 3.63) is 30.3 Å². The maximum absolute atomic E-state index is 12.1. The molecule has 6 nitrogen and oxygen atoms in total. The first-order valence-corrected chi connectivity index (χ1v) is 9.91. The smallest absolute Gasteiger partial charge is 0.243 e. The monoisotopic (exact) mass is 356 g/mol. The summed E-state index contributed by atoms with van der Waals surface area (Å²) < 4.78 is 30.9. The number of carbonyl (C=O) groups is 1. The van der Waals surface area contributed by atoms with Gasteiger partial charge in [-0.3, -0.25) is 4.79 Å². The summed E-state index contributed by atoms with van der Waals surface area (Å²) in [5.74, 6) is 0. The van der Waals surface area contributed by atoms with Gasteiger partial charge < -0.3 is 10.1 Å². The van der Waals surface area contributed by atoms with Gasteiger partial charge >= 0.3 is 0 Å². The fourth-order valence-corrected chi connectivity index (χ4v) is 4.35. The first-order chi connectivity index (χ1) is 11.6. The highest BCUT2D eigenvalue weighted by atomic mass is 32.2. The highest BCUT2D eigenvalue weighted by Gasteiger charge is 2.25. The Morgan fingerprint density at radius 3 is 2.29 bits per heavy atom. The minimum atomic E-state index is -3.23. The Hall–Kier alpha value is -1.44. The summed E-state index contributed by atoms with van der Waals surface area (Å²) in [5, 5.41) is 2.72. The van der Waals surface area contributed by atoms with Gasteiger partial charge in [-0.05, 0) is 37.8 Å². The fraction of sp³-hybridized carbons (Fsp3) is 0.588. The number of nitrogens with one attached hydrogen (secondary N) is 1. The van der Waals surface area contributed by atoms with Gasteiger partial charge in [0.05, 0.1) is 4.90 Å². The summed E-state index contributed by atoms with van der Waals surface area (Å²) >= 11 is 0. The molecule has 0 bridgehead atoms. The van der Waals surface area contributed by atoms with E-state index in [-0.39, 0.29) is 1.43 Å². The number of ether oxygens (including phenoxy) is 1. The predicted molar refractivity (Wildman–Crippen MR) is 94.2 cm³/mol. The Morgan fingerprint density at radius 2 is 1.71 bits per heavy atom. The minimum absolute atomic E-state index is 0. The Morgan fingerprint density at radius 1 is 1.08 bits per heavy atom. The van der Waals surface area contributed by atoms with Crippen LogP contribution in [0.5, 0.6) is 0 Å². The van der Waals surface area contributed by atoms with Crippen LogP contribution in [0.3, 0.4) is 0 Å². The highest BCUT2D eigenvalue weighted by molar-refractivity contribution is 7.89. The van der Waals surface area contributed by atoms with Crippen LogP contribution in [0.2, 0.25) is 0 Å². The van der Waals surface area contributed by atoms with Gasteiger partial charge in [0.25, 0.3) is 0 Å². The van der Waals surface area contributed by atoms with Gasteiger partial charge in [-0.15, -0.1) is 0 Å². The highest BCUT2D eigenvalue weighted by Crippen LogP contribution is 2.19. The molecule has 0 spiro atoms. The van der Waals surface area contributed by atoms with Gasteiger partial charge in [-0.1, -0.05) is 24.6 Å². The summed E-state index contributed by atoms with van der Waals surface area (Å²) in [7, 11) is -3.23. The molecule has 2 aliphatic heterocycles. The average Bonchev–Trinajstić information content (AvgIpc) is 2.65. The lowest BCUT2D eigenvalue weighted by Gasteiger charge is -2.25. The average molecular weight is 356 g/mol. The standard InChI is InChI=1S/C11H15NO2S.C6H11NO2.H2/c13-15(14,11-7-3-1-4-8-11)12-9-5-2-6-10-12;8-5-7-6-1-3-9-4-2-6;/h1,3-4,7-8H,2,5-6,9-10H2;5-6H,1-4H2,(H,7,8);1H. The third-order valence-electron chi connectivity index (χ3n) is 4.22. The summed E-state index contributed by atoms with van der Waals surface area (Å²) in [6.45, 7) is 2.89. The van der Waals surface area contributed by atoms with Gasteiger partial charge in [0.1, 0.15) is 0 Å². The Bertz CT molecular complexity index is 586. The molecule has 0 aromatic heterocycles. The van der Waals surface area contributed by atoms with E-state index in [4.69, 9.17) is 4.74 Å². The maximum Gasteiger partial charge on any atom is 0.243 e. The molecule has 0 radical (unpaired) electrons. The van der Waals surface area contributed by atoms with Crippen molar-refractivity contribution in [2.45, 2.75) is 43.0 Å². The second-order valence-corrected chi connectivity index (χ2v) is 7.89. The molecule has 136 valence electrons. The van der Waals surface area contributed by atoms with Gasteiger partial charge in [0.15, 0.2) is 0 Å². The molecule has 2 heterocycles. The van der Waals surface area contributed by atoms with E-state index < -0.39 is 10.0 Å². The van der Waals surface area contributed by atoms with Crippen LogP contribution in [-0.2, 0) is 19.6 Å². The zero-order chi connectivity index (χ0) is 17.3. The second-order valence-electron chi connectivity index (χ2n) is 5.95. The van der Waals surface area contributed by atoms with E-state index in [1.807, 2.05) is 6.07 Å². The number of rotatable bonds is 4. The summed E-state index contributed by atoms with van der Waals surface area (Å²) in [5.41, 5.74) is 0. The van der Waals surface area contributed by atoms with Crippen molar-refractivity contribution in [1.82, 2.24) is 9.62 Å². The van der Waals surface area contributed by atoms with Crippen LogP contribution in [0, 0.1) is 0 Å². The van der Waals surface area contributed by atoms with Crippen LogP contribution in [0.1, 0.15) is 33.5 Å². The van der Waals surface area contributed by atoms with Crippen molar-refractivity contribution in [3.63, 3.8) is 0 Å². The number of piperidine rings is 1. The molecule has 2 saturated heterocycles. The Kier molecular flexibility index (Phi) is 7.68. The molecule has 2 fully saturated rings. The molecule has 0 aliphatic carbocycles. The zero-order valence-electron chi connectivity index (χ0n) is 13.9. The largest absolute Gasteiger partial charge is 0.381 e. The molecule has 3 rings (SSSR count). The SMILES string of the molecule is O=CNC1CCOCC1.O=S(=O)(c1ccccc1)N1CCCCC1.[HH]. The number of benzene rings is 1. The number of carbonyl (C=O) groups excluding carboxylic acids is 1. The van der Waals surface area contributed by atoms with Gasteiger partial charge in [-0.25, -0.2) is 8.42 Å². The van der Waals surface area contributed by atoms with E-state index in [1.54, 1.807) is 28.6 Å². The lowest BCUT2D eigenvalue weighted by Crippen LogP contribution is -2.35. The van der Waals surface area contributed by atoms with Crippen LogP contribution < -0.4 is 5.32 Å². The summed E-state index contributed by atoms with van der Waals surface area (Å²) in [4.78, 5) is 10.3. The van der Waals surface area contributed by atoms with E-state index >= 15 is 0 Å². The molecule has 1 N–H and O–H groups in total. The van der Waals surface area contributed by atoms with Crippen LogP contribution >= 0.6 is 0 Å². The van der Waals surface area contributed by atoms with E-state index in [9.17, 15) is 13.2 Å². The molecule has 0 saturated carbocycles. The topological polar surface area (TPSA) is 75.7 Å². The van der Waals surface area contributed by atoms with Crippen LogP contribution in [-0.4, -0.2) is 51.5 Å². The first-order valence-electron chi connectivity index (χ1n) is 8.47. The van der Waals surface area contributed by atoms with Crippen molar-refractivity contribution in [1.29, 1.82) is 0 Å². The lowest BCUT2D eigenvalue weighted by atomic mass is 10.1. The molecule has 1 aromatic rings. The molecule has 1 aromatic carbocycles. The Labute approximate surface area is 145 Å². The minimum Gasteiger partial charge on any atom is -0.381 e. The third kappa shape index (κ3) is 5.58. The van der Waals surface area contributed by atoms with Crippen LogP contribution in [0.15, 0.2) is 35.2 Å². The summed E-state index contributed by atoms with van der Waals surface area (Å²) in [6.07, 6.45) is 5.77. The third-order valence-corrected chi connectivity index (χ3v) is 6.13. The molecule has 24 heavy (non-hydrogen) atoms. The summed E-state index contributed by atoms with van der Waals surface area (Å²) in [6, 6.07) is 9.02. The normalized spacial score (nSPS) is 19.8. The number of amides is 1. The number of hydrogen-bond donors (Lipinski definition) is 1. The van der Waals surface area contributed by atoms with Gasteiger partial charge in [-0.2, -0.15) is 4.31 Å². The molecule has 2 aliphatic rings. The number of sulfonamides is 1. The molecule has 1 amide bonds. The van der Waals surface area contributed by atoms with E-state index in [0.29, 0.717) is 24.0 Å². The molecular formula is C17H28N2O4S. The van der Waals surface area contributed by atoms with Gasteiger partial charge in [0, 0.05) is 33.8 Å². The number of hydrogen-bond acceptors (Lipinski definition) is 4. The molecular weight excluding hydrogens is 328 g/mol. The van der Waals surface area contributed by atoms with Crippen molar-refractivity contribution in [2.75, 3.05) is 26.3 Å². The van der Waals surface area contributed by atoms with E-state index in [1.165, 1.54) is 0 Å². The van der Waals surface area contributed by atoms with E-state index in [0.717, 1.165) is 51.7 Å². The van der Waals surface area contributed by atoms with Crippen molar-refractivity contribution in [2.24, 2.45) is 0 Å². The predicted octanol–water partition coefficient (Wildman–Crippen LogP) is 2.02.